The molecule has 3 aromatic heterocycles. The lowest BCUT2D eigenvalue weighted by Gasteiger charge is -2.41. The summed E-state index contributed by atoms with van der Waals surface area (Å²) in [4.78, 5) is 0. The second-order valence-electron chi connectivity index (χ2n) is 24.4. The zero-order valence-electron chi connectivity index (χ0n) is 41.2. The van der Waals surface area contributed by atoms with Crippen molar-refractivity contribution >= 4 is 99.1 Å². The van der Waals surface area contributed by atoms with Crippen molar-refractivity contribution in [3.8, 4) is 27.9 Å². The van der Waals surface area contributed by atoms with Gasteiger partial charge in [-0.25, -0.2) is 0 Å². The topological polar surface area (TPSA) is 30.1 Å². The maximum absolute atomic E-state index is 6.66. The Hall–Kier alpha value is -6.30. The Morgan fingerprint density at radius 1 is 0.623 bits per heavy atom. The second kappa shape index (κ2) is 13.1. The Bertz CT molecular complexity index is 4060. The van der Waals surface area contributed by atoms with E-state index < -0.39 is 0 Å². The van der Waals surface area contributed by atoms with Crippen LogP contribution in [0.1, 0.15) is 97.4 Å². The minimum Gasteiger partial charge on any atom is -0.456 e. The van der Waals surface area contributed by atoms with Gasteiger partial charge in [-0.05, 0) is 122 Å². The molecule has 1 N–H and O–H groups in total. The lowest BCUT2D eigenvalue weighted by molar-refractivity contribution is 0.332. The van der Waals surface area contributed by atoms with Crippen LogP contribution in [0.15, 0.2) is 137 Å². The largest absolute Gasteiger partial charge is 0.456 e. The first kappa shape index (κ1) is 40.6. The number of hydrogen-bond acceptors (Lipinski definition) is 3. The second-order valence-corrected chi connectivity index (χ2v) is 25.5. The summed E-state index contributed by atoms with van der Waals surface area (Å²) in [7, 11) is 0.848. The van der Waals surface area contributed by atoms with Crippen LogP contribution in [-0.4, -0.2) is 17.9 Å². The molecule has 1 saturated carbocycles. The van der Waals surface area contributed by atoms with Gasteiger partial charge in [0.15, 0.2) is 7.28 Å². The van der Waals surface area contributed by atoms with E-state index in [0.29, 0.717) is 17.9 Å². The number of allylic oxidation sites excluding steroid dienone is 2. The van der Waals surface area contributed by atoms with Crippen molar-refractivity contribution in [2.45, 2.75) is 97.4 Å². The minimum atomic E-state index is -0.112. The van der Waals surface area contributed by atoms with Gasteiger partial charge in [-0.15, -0.1) is 11.3 Å². The molecule has 3 atom stereocenters. The van der Waals surface area contributed by atoms with Gasteiger partial charge in [0, 0.05) is 93.5 Å². The summed E-state index contributed by atoms with van der Waals surface area (Å²) in [5, 5.41) is 12.0. The smallest absolute Gasteiger partial charge is 0.198 e. The third-order valence-electron chi connectivity index (χ3n) is 18.0. The molecule has 3 nitrogen and oxygen atoms in total. The van der Waals surface area contributed by atoms with Crippen molar-refractivity contribution in [1.82, 2.24) is 4.57 Å². The summed E-state index contributed by atoms with van der Waals surface area (Å²) in [6, 6.07) is 43.0. The normalized spacial score (nSPS) is 21.1. The number of furan rings is 1. The Labute approximate surface area is 409 Å². The molecule has 3 unspecified atom stereocenters. The number of hydrogen-bond donors (Lipinski definition) is 1. The average Bonchev–Trinajstić information content (AvgIpc) is 3.54. The first-order valence-electron chi connectivity index (χ1n) is 25.5. The van der Waals surface area contributed by atoms with Crippen LogP contribution < -0.4 is 16.2 Å². The number of rotatable bonds is 3. The summed E-state index contributed by atoms with van der Waals surface area (Å²) < 4.78 is 12.0. The first-order valence-corrected chi connectivity index (χ1v) is 26.3. The van der Waals surface area contributed by atoms with Crippen molar-refractivity contribution in [3.05, 3.63) is 155 Å². The van der Waals surface area contributed by atoms with Crippen molar-refractivity contribution in [1.29, 1.82) is 0 Å². The maximum atomic E-state index is 6.66. The van der Waals surface area contributed by atoms with Gasteiger partial charge < -0.3 is 14.3 Å². The van der Waals surface area contributed by atoms with Crippen molar-refractivity contribution < 1.29 is 4.42 Å². The van der Waals surface area contributed by atoms with Crippen molar-refractivity contribution in [2.75, 3.05) is 5.32 Å². The summed E-state index contributed by atoms with van der Waals surface area (Å²) in [6.45, 7) is 21.7. The zero-order valence-corrected chi connectivity index (χ0v) is 42.1. The molecule has 7 aromatic carbocycles. The minimum absolute atomic E-state index is 0.112. The lowest BCUT2D eigenvalue weighted by atomic mass is 9.58. The van der Waals surface area contributed by atoms with Crippen LogP contribution in [0.4, 0.5) is 5.69 Å². The lowest BCUT2D eigenvalue weighted by Crippen LogP contribution is -2.37. The fourth-order valence-corrected chi connectivity index (χ4v) is 14.9. The molecule has 0 saturated heterocycles. The van der Waals surface area contributed by atoms with E-state index in [9.17, 15) is 0 Å². The Morgan fingerprint density at radius 2 is 1.38 bits per heavy atom. The molecule has 69 heavy (non-hydrogen) atoms. The molecule has 338 valence electrons. The summed E-state index contributed by atoms with van der Waals surface area (Å²) >= 11 is 1.98. The number of nitrogens with zero attached hydrogens (tertiary/aromatic N) is 1. The number of benzene rings is 7. The molecule has 4 aliphatic carbocycles. The third kappa shape index (κ3) is 5.46. The van der Waals surface area contributed by atoms with Gasteiger partial charge in [0.25, 0.3) is 0 Å². The molecule has 5 aliphatic rings. The van der Waals surface area contributed by atoms with Crippen LogP contribution >= 0.6 is 11.3 Å². The Morgan fingerprint density at radius 3 is 2.20 bits per heavy atom. The van der Waals surface area contributed by atoms with E-state index in [2.05, 4.69) is 200 Å². The highest BCUT2D eigenvalue weighted by Gasteiger charge is 2.49. The predicted molar refractivity (Wildman–Crippen MR) is 297 cm³/mol. The van der Waals surface area contributed by atoms with Gasteiger partial charge in [-0.3, -0.25) is 0 Å². The van der Waals surface area contributed by atoms with Gasteiger partial charge in [-0.2, -0.15) is 0 Å². The molecular weight excluding hydrogens is 856 g/mol. The van der Waals surface area contributed by atoms with Crippen molar-refractivity contribution in [3.63, 3.8) is 0 Å². The van der Waals surface area contributed by atoms with Gasteiger partial charge >= 0.3 is 0 Å². The fraction of sp³-hybridized carbons (Fsp3) is 0.281. The van der Waals surface area contributed by atoms with Crippen LogP contribution in [-0.2, 0) is 16.2 Å². The Balaban J connectivity index is 1.01. The summed E-state index contributed by atoms with van der Waals surface area (Å²) in [5.74, 6) is 0.988. The number of anilines is 1. The summed E-state index contributed by atoms with van der Waals surface area (Å²) in [6.07, 6.45) is 9.87. The molecule has 0 amide bonds. The number of nitrogens with one attached hydrogen (secondary N) is 1. The van der Waals surface area contributed by atoms with Crippen LogP contribution in [0.25, 0.3) is 91.9 Å². The standard InChI is InChI=1S/C64H57BN2OS/c1-61(2,3)33-18-19-37-45(24-33)59(37)66-51-31-57-43(44-27-48-49(30-56(44)69-57)63(6,7)23-22-62(48,4)5)25-40(51)36-20-21-38-41-26-42-35-15-11-13-17-54(35)68-55(42)32-52(41)67-53-29-47-39(28-50(53)65-58(36)60(38)67)34-14-10-12-16-46(34)64(47,8)9/h10-21,24-32,37,45,59,65-66H,22-23H2,1-9H3. The third-order valence-corrected chi connectivity index (χ3v) is 19.1. The highest BCUT2D eigenvalue weighted by molar-refractivity contribution is 7.25. The molecule has 0 spiro atoms. The molecule has 15 rings (SSSR count). The SMILES string of the molecule is CC(C)(C)C1=CC2C(C=C1)C2Nc1cc2sc3cc4c(cc3c2cc1-c1ccc2c3cc5c(cc3n3c2c1Bc1cc2c(cc1-3)C(C)(C)c1ccccc1-2)oc1ccccc15)C(C)(C)CCC4(C)C. The number of thiophene rings is 1. The highest BCUT2D eigenvalue weighted by atomic mass is 32.1. The molecule has 0 radical (unpaired) electrons. The van der Waals surface area contributed by atoms with Crippen LogP contribution in [0, 0.1) is 17.3 Å². The first-order chi connectivity index (χ1) is 33.0. The van der Waals surface area contributed by atoms with E-state index in [-0.39, 0.29) is 21.7 Å². The molecule has 0 bridgehead atoms. The molecule has 10 aromatic rings. The van der Waals surface area contributed by atoms with Gasteiger partial charge in [0.1, 0.15) is 11.2 Å². The van der Waals surface area contributed by atoms with Gasteiger partial charge in [0.2, 0.25) is 0 Å². The quantitative estimate of drug-likeness (QED) is 0.179. The van der Waals surface area contributed by atoms with Crippen molar-refractivity contribution in [2.24, 2.45) is 17.3 Å². The molecule has 1 aliphatic heterocycles. The Kier molecular flexibility index (Phi) is 7.71. The predicted octanol–water partition coefficient (Wildman–Crippen LogP) is 15.6. The van der Waals surface area contributed by atoms with E-state index in [1.807, 2.05) is 11.3 Å². The number of para-hydroxylation sites is 1. The van der Waals surface area contributed by atoms with Crippen LogP contribution in [0.5, 0.6) is 0 Å². The van der Waals surface area contributed by atoms with E-state index in [1.54, 1.807) is 0 Å². The molecular formula is C64H57BN2OS. The molecule has 1 fully saturated rings. The summed E-state index contributed by atoms with van der Waals surface area (Å²) in [5.41, 5.74) is 22.7. The van der Waals surface area contributed by atoms with Crippen LogP contribution in [0.2, 0.25) is 0 Å². The van der Waals surface area contributed by atoms with Crippen LogP contribution in [0.3, 0.4) is 0 Å². The highest BCUT2D eigenvalue weighted by Crippen LogP contribution is 2.54. The average molecular weight is 913 g/mol. The number of fused-ring (bicyclic) bond motifs is 16. The number of aromatic nitrogens is 1. The van der Waals surface area contributed by atoms with E-state index in [4.69, 9.17) is 4.42 Å². The molecule has 4 heterocycles. The van der Waals surface area contributed by atoms with E-state index in [0.717, 1.165) is 18.4 Å². The van der Waals surface area contributed by atoms with E-state index in [1.165, 1.54) is 138 Å². The fourth-order valence-electron chi connectivity index (χ4n) is 13.8. The maximum Gasteiger partial charge on any atom is 0.198 e. The van der Waals surface area contributed by atoms with Gasteiger partial charge in [0.05, 0.1) is 5.52 Å². The zero-order chi connectivity index (χ0) is 46.8. The van der Waals surface area contributed by atoms with Gasteiger partial charge in [-0.1, -0.05) is 147 Å². The molecule has 5 heteroatoms. The van der Waals surface area contributed by atoms with E-state index >= 15 is 0 Å². The monoisotopic (exact) mass is 912 g/mol.